The Kier molecular flexibility index (Phi) is 7.08. The zero-order valence-electron chi connectivity index (χ0n) is 15.4. The summed E-state index contributed by atoms with van der Waals surface area (Å²) in [7, 11) is -4.02. The van der Waals surface area contributed by atoms with E-state index in [1.54, 1.807) is 4.90 Å². The molecule has 2 heterocycles. The van der Waals surface area contributed by atoms with Gasteiger partial charge in [-0.15, -0.1) is 12.4 Å². The number of amides is 1. The molecule has 1 aromatic carbocycles. The van der Waals surface area contributed by atoms with Gasteiger partial charge in [0.15, 0.2) is 0 Å². The molecule has 1 aliphatic heterocycles. The number of aromatic amines is 1. The third kappa shape index (κ3) is 4.65. The smallest absolute Gasteiger partial charge is 0.270 e. The van der Waals surface area contributed by atoms with Crippen molar-refractivity contribution in [3.05, 3.63) is 48.0 Å². The molecule has 4 N–H and O–H groups in total. The Balaban J connectivity index is 0.00000280. The molecule has 1 amide bonds. The van der Waals surface area contributed by atoms with Crippen LogP contribution < -0.4 is 10.5 Å². The van der Waals surface area contributed by atoms with E-state index < -0.39 is 15.8 Å². The zero-order valence-corrected chi connectivity index (χ0v) is 17.0. The molecule has 1 aliphatic rings. The Labute approximate surface area is 170 Å². The van der Waals surface area contributed by atoms with Gasteiger partial charge in [-0.05, 0) is 37.0 Å². The number of likely N-dealkylation sites (tertiary alicyclic amines) is 1. The Morgan fingerprint density at radius 2 is 2.11 bits per heavy atom. The fourth-order valence-corrected chi connectivity index (χ4v) is 4.36. The molecule has 1 fully saturated rings. The molecule has 1 aromatic heterocycles. The van der Waals surface area contributed by atoms with Gasteiger partial charge < -0.3 is 15.6 Å². The Bertz CT molecular complexity index is 934. The van der Waals surface area contributed by atoms with E-state index in [1.807, 2.05) is 0 Å². The zero-order chi connectivity index (χ0) is 19.6. The summed E-state index contributed by atoms with van der Waals surface area (Å²) >= 11 is 0. The minimum Gasteiger partial charge on any atom is -0.356 e. The van der Waals surface area contributed by atoms with Crippen molar-refractivity contribution in [2.45, 2.75) is 30.7 Å². The number of anilines is 1. The monoisotopic (exact) mass is 430 g/mol. The first kappa shape index (κ1) is 22.2. The molecule has 154 valence electrons. The van der Waals surface area contributed by atoms with Gasteiger partial charge in [0.05, 0.1) is 5.69 Å². The van der Waals surface area contributed by atoms with Crippen LogP contribution in [0.5, 0.6) is 0 Å². The number of hydrogen-bond donors (Lipinski definition) is 3. The third-order valence-corrected chi connectivity index (χ3v) is 6.17. The molecule has 10 heteroatoms. The maximum Gasteiger partial charge on any atom is 0.270 e. The van der Waals surface area contributed by atoms with Crippen LogP contribution in [0.3, 0.4) is 0 Å². The lowest BCUT2D eigenvalue weighted by atomic mass is 9.92. The Hall–Kier alpha value is -2.10. The Morgan fingerprint density at radius 3 is 2.79 bits per heavy atom. The van der Waals surface area contributed by atoms with Gasteiger partial charge in [0, 0.05) is 25.3 Å². The van der Waals surface area contributed by atoms with Crippen molar-refractivity contribution in [2.75, 3.05) is 17.8 Å². The van der Waals surface area contributed by atoms with Crippen LogP contribution in [0.1, 0.15) is 30.3 Å². The van der Waals surface area contributed by atoms with Crippen LogP contribution in [0.4, 0.5) is 10.1 Å². The van der Waals surface area contributed by atoms with Gasteiger partial charge in [-0.25, -0.2) is 12.8 Å². The highest BCUT2D eigenvalue weighted by Crippen LogP contribution is 2.25. The number of nitrogens with zero attached hydrogens (tertiary/aromatic N) is 1. The van der Waals surface area contributed by atoms with Gasteiger partial charge in [-0.2, -0.15) is 0 Å². The predicted octanol–water partition coefficient (Wildman–Crippen LogP) is 2.58. The summed E-state index contributed by atoms with van der Waals surface area (Å²) < 4.78 is 40.9. The molecule has 0 aliphatic carbocycles. The molecule has 0 spiro atoms. The van der Waals surface area contributed by atoms with Crippen LogP contribution in [0, 0.1) is 11.7 Å². The average Bonchev–Trinajstić information content (AvgIpc) is 3.14. The van der Waals surface area contributed by atoms with Gasteiger partial charge in [-0.3, -0.25) is 9.52 Å². The number of piperidine rings is 1. The average molecular weight is 431 g/mol. The standard InChI is InChI=1S/C18H23FN4O3S.ClH/c1-12-6-7-23(13(8-12)10-20)18(24)17-9-14(11-21-17)27(25,26)22-16-5-3-2-4-15(16)19;/h2-5,9,11-13,21-22H,6-8,10,20H2,1H3;1H. The molecule has 0 radical (unpaired) electrons. The molecule has 28 heavy (non-hydrogen) atoms. The molecular weight excluding hydrogens is 407 g/mol. The van der Waals surface area contributed by atoms with Crippen LogP contribution in [0.15, 0.2) is 41.4 Å². The third-order valence-electron chi connectivity index (χ3n) is 4.83. The van der Waals surface area contributed by atoms with E-state index in [2.05, 4.69) is 16.6 Å². The summed E-state index contributed by atoms with van der Waals surface area (Å²) in [5.41, 5.74) is 5.81. The number of rotatable bonds is 5. The summed E-state index contributed by atoms with van der Waals surface area (Å²) in [5.74, 6) is -0.474. The van der Waals surface area contributed by atoms with Crippen molar-refractivity contribution in [1.29, 1.82) is 0 Å². The number of aromatic nitrogens is 1. The first-order valence-corrected chi connectivity index (χ1v) is 10.3. The van der Waals surface area contributed by atoms with E-state index in [9.17, 15) is 17.6 Å². The maximum absolute atomic E-state index is 13.7. The second-order valence-electron chi connectivity index (χ2n) is 6.85. The quantitative estimate of drug-likeness (QED) is 0.677. The summed E-state index contributed by atoms with van der Waals surface area (Å²) in [5, 5.41) is 0. The van der Waals surface area contributed by atoms with Crippen molar-refractivity contribution < 1.29 is 17.6 Å². The van der Waals surface area contributed by atoms with E-state index >= 15 is 0 Å². The number of sulfonamides is 1. The van der Waals surface area contributed by atoms with Gasteiger partial charge in [0.25, 0.3) is 15.9 Å². The summed E-state index contributed by atoms with van der Waals surface area (Å²) in [4.78, 5) is 17.1. The summed E-state index contributed by atoms with van der Waals surface area (Å²) in [6, 6.07) is 6.67. The second kappa shape index (κ2) is 8.93. The van der Waals surface area contributed by atoms with E-state index in [1.165, 1.54) is 30.5 Å². The van der Waals surface area contributed by atoms with Crippen LogP contribution in [0.2, 0.25) is 0 Å². The molecule has 7 nitrogen and oxygen atoms in total. The number of carbonyl (C=O) groups is 1. The van der Waals surface area contributed by atoms with Gasteiger partial charge in [0.1, 0.15) is 16.4 Å². The van der Waals surface area contributed by atoms with Gasteiger partial charge in [-0.1, -0.05) is 19.1 Å². The lowest BCUT2D eigenvalue weighted by Crippen LogP contribution is -2.49. The molecule has 0 saturated carbocycles. The summed E-state index contributed by atoms with van der Waals surface area (Å²) in [6.45, 7) is 3.06. The van der Waals surface area contributed by atoms with Crippen molar-refractivity contribution in [2.24, 2.45) is 11.7 Å². The van der Waals surface area contributed by atoms with E-state index in [0.29, 0.717) is 19.0 Å². The fraction of sp³-hybridized carbons (Fsp3) is 0.389. The largest absolute Gasteiger partial charge is 0.356 e. The Morgan fingerprint density at radius 1 is 1.39 bits per heavy atom. The SMILES string of the molecule is CC1CCN(C(=O)c2cc(S(=O)(=O)Nc3ccccc3F)c[nH]2)C(CN)C1.Cl. The normalized spacial score (nSPS) is 19.8. The predicted molar refractivity (Wildman–Crippen MR) is 108 cm³/mol. The first-order chi connectivity index (χ1) is 12.8. The molecule has 2 aromatic rings. The van der Waals surface area contributed by atoms with Crippen LogP contribution in [-0.2, 0) is 10.0 Å². The lowest BCUT2D eigenvalue weighted by molar-refractivity contribution is 0.0568. The van der Waals surface area contributed by atoms with Crippen molar-refractivity contribution in [3.8, 4) is 0 Å². The second-order valence-corrected chi connectivity index (χ2v) is 8.53. The van der Waals surface area contributed by atoms with Gasteiger partial charge in [0.2, 0.25) is 0 Å². The minimum absolute atomic E-state index is 0. The molecule has 3 rings (SSSR count). The number of benzene rings is 1. The number of para-hydroxylation sites is 1. The number of halogens is 2. The van der Waals surface area contributed by atoms with E-state index in [-0.39, 0.29) is 40.6 Å². The molecule has 2 atom stereocenters. The van der Waals surface area contributed by atoms with Crippen LogP contribution in [0.25, 0.3) is 0 Å². The van der Waals surface area contributed by atoms with Crippen molar-refractivity contribution in [1.82, 2.24) is 9.88 Å². The molecule has 2 unspecified atom stereocenters. The maximum atomic E-state index is 13.7. The number of nitrogens with one attached hydrogen (secondary N) is 2. The van der Waals surface area contributed by atoms with E-state index in [4.69, 9.17) is 5.73 Å². The topological polar surface area (TPSA) is 108 Å². The molecular formula is C18H24ClFN4O3S. The highest BCUT2D eigenvalue weighted by molar-refractivity contribution is 7.92. The first-order valence-electron chi connectivity index (χ1n) is 8.78. The molecule has 1 saturated heterocycles. The van der Waals surface area contributed by atoms with E-state index in [0.717, 1.165) is 18.9 Å². The lowest BCUT2D eigenvalue weighted by Gasteiger charge is -2.37. The summed E-state index contributed by atoms with van der Waals surface area (Å²) in [6.07, 6.45) is 2.92. The van der Waals surface area contributed by atoms with Crippen molar-refractivity contribution in [3.63, 3.8) is 0 Å². The molecule has 0 bridgehead atoms. The van der Waals surface area contributed by atoms with Crippen LogP contribution in [-0.4, -0.2) is 43.3 Å². The van der Waals surface area contributed by atoms with Crippen LogP contribution >= 0.6 is 12.4 Å². The number of H-pyrrole nitrogens is 1. The van der Waals surface area contributed by atoms with Gasteiger partial charge >= 0.3 is 0 Å². The highest BCUT2D eigenvalue weighted by atomic mass is 35.5. The van der Waals surface area contributed by atoms with Crippen molar-refractivity contribution >= 4 is 34.0 Å². The number of nitrogens with two attached hydrogens (primary N) is 1. The number of hydrogen-bond acceptors (Lipinski definition) is 4. The fourth-order valence-electron chi connectivity index (χ4n) is 3.30. The number of carbonyl (C=O) groups excluding carboxylic acids is 1. The highest BCUT2D eigenvalue weighted by Gasteiger charge is 2.31. The minimum atomic E-state index is -4.02.